The fraction of sp³-hybridized carbons (Fsp3) is 0.208. The van der Waals surface area contributed by atoms with E-state index in [1.54, 1.807) is 11.0 Å². The molecule has 0 bridgehead atoms. The summed E-state index contributed by atoms with van der Waals surface area (Å²) in [6, 6.07) is 21.0. The van der Waals surface area contributed by atoms with Crippen molar-refractivity contribution in [3.63, 3.8) is 0 Å². The molecule has 3 aromatic carbocycles. The number of fused-ring (bicyclic) bond motifs is 1. The van der Waals surface area contributed by atoms with Crippen molar-refractivity contribution in [2.45, 2.75) is 19.9 Å². The van der Waals surface area contributed by atoms with Crippen LogP contribution in [0.4, 0.5) is 0 Å². The molecule has 0 aliphatic rings. The molecule has 0 saturated heterocycles. The molecular weight excluding hydrogens is 414 g/mol. The third kappa shape index (κ3) is 5.03. The molecule has 4 rings (SSSR count). The lowest BCUT2D eigenvalue weighted by Crippen LogP contribution is -2.35. The average molecular weight is 436 g/mol. The molecule has 0 aliphatic carbocycles. The van der Waals surface area contributed by atoms with E-state index in [0.717, 1.165) is 17.2 Å². The van der Waals surface area contributed by atoms with Gasteiger partial charge in [-0.1, -0.05) is 61.0 Å². The monoisotopic (exact) mass is 435 g/mol. The van der Waals surface area contributed by atoms with Crippen molar-refractivity contribution in [2.24, 2.45) is 0 Å². The van der Waals surface area contributed by atoms with E-state index in [0.29, 0.717) is 34.7 Å². The Morgan fingerprint density at radius 1 is 1.03 bits per heavy atom. The number of rotatable bonds is 8. The second-order valence-corrected chi connectivity index (χ2v) is 7.50. The van der Waals surface area contributed by atoms with E-state index >= 15 is 0 Å². The van der Waals surface area contributed by atoms with Crippen LogP contribution in [0.1, 0.15) is 19.2 Å². The SMILES string of the molecule is CCCN(Cc1nnc(-c2ccccc2Cl)o1)C(=O)COc1ccc2ccccc2c1. The first kappa shape index (κ1) is 20.9. The highest BCUT2D eigenvalue weighted by Gasteiger charge is 2.19. The number of aromatic nitrogens is 2. The predicted octanol–water partition coefficient (Wildman–Crippen LogP) is 5.36. The van der Waals surface area contributed by atoms with Crippen molar-refractivity contribution >= 4 is 28.3 Å². The van der Waals surface area contributed by atoms with Crippen molar-refractivity contribution in [1.82, 2.24) is 15.1 Å². The van der Waals surface area contributed by atoms with Crippen LogP contribution in [0.15, 0.2) is 71.1 Å². The minimum absolute atomic E-state index is 0.0656. The van der Waals surface area contributed by atoms with Crippen molar-refractivity contribution in [3.05, 3.63) is 77.6 Å². The van der Waals surface area contributed by atoms with Gasteiger partial charge in [0.05, 0.1) is 17.1 Å². The lowest BCUT2D eigenvalue weighted by molar-refractivity contribution is -0.134. The maximum Gasteiger partial charge on any atom is 0.260 e. The van der Waals surface area contributed by atoms with Crippen molar-refractivity contribution < 1.29 is 13.9 Å². The lowest BCUT2D eigenvalue weighted by Gasteiger charge is -2.20. The van der Waals surface area contributed by atoms with Gasteiger partial charge in [-0.15, -0.1) is 10.2 Å². The molecule has 0 N–H and O–H groups in total. The highest BCUT2D eigenvalue weighted by molar-refractivity contribution is 6.33. The molecule has 0 atom stereocenters. The number of halogens is 1. The molecule has 4 aromatic rings. The molecule has 0 fully saturated rings. The number of ether oxygens (including phenoxy) is 1. The van der Waals surface area contributed by atoms with Gasteiger partial charge in [-0.05, 0) is 41.5 Å². The molecule has 0 unspecified atom stereocenters. The van der Waals surface area contributed by atoms with E-state index in [1.807, 2.05) is 67.6 Å². The van der Waals surface area contributed by atoms with Gasteiger partial charge in [-0.25, -0.2) is 0 Å². The van der Waals surface area contributed by atoms with Gasteiger partial charge in [0.2, 0.25) is 11.8 Å². The Morgan fingerprint density at radius 3 is 2.61 bits per heavy atom. The molecule has 1 aromatic heterocycles. The Hall–Kier alpha value is -3.38. The van der Waals surface area contributed by atoms with Gasteiger partial charge in [0.25, 0.3) is 5.91 Å². The van der Waals surface area contributed by atoms with Crippen LogP contribution in [0.25, 0.3) is 22.2 Å². The molecule has 1 amide bonds. The number of hydrogen-bond donors (Lipinski definition) is 0. The van der Waals surface area contributed by atoms with Gasteiger partial charge in [0.15, 0.2) is 6.61 Å². The average Bonchev–Trinajstić information content (AvgIpc) is 3.25. The standard InChI is InChI=1S/C24H22ClN3O3/c1-2-13-28(15-22-26-27-24(31-22)20-9-5-6-10-21(20)25)23(29)16-30-19-12-11-17-7-3-4-8-18(17)14-19/h3-12,14H,2,13,15-16H2,1H3. The lowest BCUT2D eigenvalue weighted by atomic mass is 10.1. The van der Waals surface area contributed by atoms with Crippen molar-refractivity contribution in [1.29, 1.82) is 0 Å². The zero-order chi connectivity index (χ0) is 21.6. The van der Waals surface area contributed by atoms with Gasteiger partial charge in [-0.2, -0.15) is 0 Å². The third-order valence-corrected chi connectivity index (χ3v) is 5.16. The molecule has 6 nitrogen and oxygen atoms in total. The fourth-order valence-corrected chi connectivity index (χ4v) is 3.50. The summed E-state index contributed by atoms with van der Waals surface area (Å²) >= 11 is 6.20. The van der Waals surface area contributed by atoms with Crippen LogP contribution < -0.4 is 4.74 Å². The summed E-state index contributed by atoms with van der Waals surface area (Å²) in [6.07, 6.45) is 0.799. The second kappa shape index (κ2) is 9.62. The number of carbonyl (C=O) groups excluding carboxylic acids is 1. The van der Waals surface area contributed by atoms with Crippen LogP contribution in [-0.2, 0) is 11.3 Å². The first-order chi connectivity index (χ1) is 15.1. The fourth-order valence-electron chi connectivity index (χ4n) is 3.28. The van der Waals surface area contributed by atoms with Crippen LogP contribution in [0.3, 0.4) is 0 Å². The molecule has 0 radical (unpaired) electrons. The summed E-state index contributed by atoms with van der Waals surface area (Å²) < 4.78 is 11.5. The van der Waals surface area contributed by atoms with Crippen LogP contribution in [0.5, 0.6) is 5.75 Å². The van der Waals surface area contributed by atoms with Crippen LogP contribution in [-0.4, -0.2) is 34.2 Å². The molecule has 0 saturated carbocycles. The quantitative estimate of drug-likeness (QED) is 0.372. The first-order valence-corrected chi connectivity index (χ1v) is 10.5. The van der Waals surface area contributed by atoms with E-state index < -0.39 is 0 Å². The number of hydrogen-bond acceptors (Lipinski definition) is 5. The molecule has 7 heteroatoms. The normalized spacial score (nSPS) is 10.9. The molecule has 158 valence electrons. The zero-order valence-electron chi connectivity index (χ0n) is 17.1. The largest absolute Gasteiger partial charge is 0.484 e. The second-order valence-electron chi connectivity index (χ2n) is 7.09. The van der Waals surface area contributed by atoms with E-state index in [1.165, 1.54) is 0 Å². The Balaban J connectivity index is 1.42. The van der Waals surface area contributed by atoms with Gasteiger partial charge in [-0.3, -0.25) is 4.79 Å². The van der Waals surface area contributed by atoms with Gasteiger partial charge < -0.3 is 14.1 Å². The number of benzene rings is 3. The minimum atomic E-state index is -0.146. The summed E-state index contributed by atoms with van der Waals surface area (Å²) in [6.45, 7) is 2.71. The highest BCUT2D eigenvalue weighted by Crippen LogP contribution is 2.26. The summed E-state index contributed by atoms with van der Waals surface area (Å²) in [4.78, 5) is 14.5. The number of amides is 1. The highest BCUT2D eigenvalue weighted by atomic mass is 35.5. The number of carbonyl (C=O) groups is 1. The van der Waals surface area contributed by atoms with E-state index in [-0.39, 0.29) is 19.1 Å². The van der Waals surface area contributed by atoms with Crippen LogP contribution >= 0.6 is 11.6 Å². The van der Waals surface area contributed by atoms with E-state index in [9.17, 15) is 4.79 Å². The Kier molecular flexibility index (Phi) is 6.48. The Morgan fingerprint density at radius 2 is 1.81 bits per heavy atom. The van der Waals surface area contributed by atoms with Crippen molar-refractivity contribution in [2.75, 3.05) is 13.2 Å². The maximum atomic E-state index is 12.8. The third-order valence-electron chi connectivity index (χ3n) is 4.83. The molecule has 0 spiro atoms. The van der Waals surface area contributed by atoms with E-state index in [2.05, 4.69) is 10.2 Å². The summed E-state index contributed by atoms with van der Waals surface area (Å²) in [5, 5.41) is 10.9. The Labute approximate surface area is 185 Å². The summed E-state index contributed by atoms with van der Waals surface area (Å²) in [5.74, 6) is 1.19. The summed E-state index contributed by atoms with van der Waals surface area (Å²) in [7, 11) is 0. The molecule has 0 aliphatic heterocycles. The zero-order valence-corrected chi connectivity index (χ0v) is 17.9. The smallest absolute Gasteiger partial charge is 0.260 e. The van der Waals surface area contributed by atoms with Gasteiger partial charge in [0.1, 0.15) is 5.75 Å². The van der Waals surface area contributed by atoms with Gasteiger partial charge in [0, 0.05) is 6.54 Å². The molecule has 1 heterocycles. The first-order valence-electron chi connectivity index (χ1n) is 10.1. The molecule has 31 heavy (non-hydrogen) atoms. The minimum Gasteiger partial charge on any atom is -0.484 e. The van der Waals surface area contributed by atoms with Crippen molar-refractivity contribution in [3.8, 4) is 17.2 Å². The number of nitrogens with zero attached hydrogens (tertiary/aromatic N) is 3. The van der Waals surface area contributed by atoms with Crippen LogP contribution in [0, 0.1) is 0 Å². The van der Waals surface area contributed by atoms with Gasteiger partial charge >= 0.3 is 0 Å². The maximum absolute atomic E-state index is 12.8. The van der Waals surface area contributed by atoms with E-state index in [4.69, 9.17) is 20.8 Å². The summed E-state index contributed by atoms with van der Waals surface area (Å²) in [5.41, 5.74) is 0.663. The topological polar surface area (TPSA) is 68.5 Å². The molecular formula is C24H22ClN3O3. The van der Waals surface area contributed by atoms with Crippen LogP contribution in [0.2, 0.25) is 5.02 Å². The Bertz CT molecular complexity index is 1190. The predicted molar refractivity (Wildman–Crippen MR) is 120 cm³/mol.